The zero-order valence-corrected chi connectivity index (χ0v) is 24.1. The summed E-state index contributed by atoms with van der Waals surface area (Å²) in [4.78, 5) is 0. The first-order chi connectivity index (χ1) is 21.8. The second kappa shape index (κ2) is 9.86. The van der Waals surface area contributed by atoms with E-state index in [1.54, 1.807) is 0 Å². The minimum absolute atomic E-state index is 1.15. The van der Waals surface area contributed by atoms with Gasteiger partial charge in [-0.15, -0.1) is 0 Å². The van der Waals surface area contributed by atoms with Crippen LogP contribution in [0.15, 0.2) is 170 Å². The van der Waals surface area contributed by atoms with Crippen LogP contribution < -0.4 is 0 Å². The molecule has 0 aliphatic carbocycles. The van der Waals surface area contributed by atoms with Gasteiger partial charge in [-0.05, 0) is 76.9 Å². The fraction of sp³-hybridized carbons (Fsp3) is 0. The van der Waals surface area contributed by atoms with Crippen molar-refractivity contribution in [1.82, 2.24) is 9.13 Å². The van der Waals surface area contributed by atoms with E-state index >= 15 is 0 Å². The smallest absolute Gasteiger partial charge is 0.0541 e. The lowest BCUT2D eigenvalue weighted by molar-refractivity contribution is 1.13. The van der Waals surface area contributed by atoms with Crippen LogP contribution in [0.3, 0.4) is 0 Å². The molecule has 0 aliphatic rings. The van der Waals surface area contributed by atoms with Crippen molar-refractivity contribution in [2.75, 3.05) is 0 Å². The van der Waals surface area contributed by atoms with Crippen LogP contribution >= 0.6 is 0 Å². The molecule has 0 N–H and O–H groups in total. The van der Waals surface area contributed by atoms with Crippen molar-refractivity contribution in [2.24, 2.45) is 0 Å². The molecule has 2 heteroatoms. The summed E-state index contributed by atoms with van der Waals surface area (Å²) in [6.45, 7) is 0. The molecule has 0 unspecified atom stereocenters. The Bertz CT molecular complexity index is 2440. The highest BCUT2D eigenvalue weighted by atomic mass is 15.0. The highest BCUT2D eigenvalue weighted by Crippen LogP contribution is 2.37. The molecular weight excluding hydrogens is 532 g/mol. The quantitative estimate of drug-likeness (QED) is 0.203. The lowest BCUT2D eigenvalue weighted by Gasteiger charge is -2.13. The number of nitrogens with zero attached hydrogens (tertiary/aromatic N) is 2. The van der Waals surface area contributed by atoms with Crippen LogP contribution in [0.25, 0.3) is 77.2 Å². The monoisotopic (exact) mass is 560 g/mol. The topological polar surface area (TPSA) is 9.86 Å². The Hall–Kier alpha value is -5.86. The van der Waals surface area contributed by atoms with Crippen LogP contribution in [0.4, 0.5) is 0 Å². The average molecular weight is 561 g/mol. The summed E-state index contributed by atoms with van der Waals surface area (Å²) in [5, 5.41) is 5.06. The summed E-state index contributed by atoms with van der Waals surface area (Å²) in [5.74, 6) is 0. The van der Waals surface area contributed by atoms with Gasteiger partial charge in [0.2, 0.25) is 0 Å². The number of fused-ring (bicyclic) bond motifs is 6. The number of hydrogen-bond acceptors (Lipinski definition) is 0. The predicted molar refractivity (Wildman–Crippen MR) is 186 cm³/mol. The molecule has 0 amide bonds. The maximum absolute atomic E-state index is 2.41. The molecule has 44 heavy (non-hydrogen) atoms. The van der Waals surface area contributed by atoms with E-state index in [9.17, 15) is 0 Å². The van der Waals surface area contributed by atoms with Gasteiger partial charge in [0, 0.05) is 32.9 Å². The average Bonchev–Trinajstić information content (AvgIpc) is 3.61. The van der Waals surface area contributed by atoms with Gasteiger partial charge < -0.3 is 9.13 Å². The van der Waals surface area contributed by atoms with Crippen molar-refractivity contribution in [1.29, 1.82) is 0 Å². The Balaban J connectivity index is 1.23. The molecule has 0 fully saturated rings. The zero-order valence-electron chi connectivity index (χ0n) is 24.1. The summed E-state index contributed by atoms with van der Waals surface area (Å²) in [5.41, 5.74) is 12.0. The lowest BCUT2D eigenvalue weighted by atomic mass is 9.98. The minimum Gasteiger partial charge on any atom is -0.309 e. The molecule has 2 nitrogen and oxygen atoms in total. The van der Waals surface area contributed by atoms with E-state index < -0.39 is 0 Å². The first-order valence-corrected chi connectivity index (χ1v) is 15.1. The standard InChI is InChI=1S/C42H28N2/c1-2-12-29(13-3-1)30-14-10-15-31(26-30)32-24-25-42-38(27-32)37-20-6-9-23-41(37)44(42)34-17-11-16-33(28-34)43-39-21-7-4-18-35(39)36-19-5-8-22-40(36)43/h1-28H. The van der Waals surface area contributed by atoms with Gasteiger partial charge in [-0.1, -0.05) is 115 Å². The largest absolute Gasteiger partial charge is 0.309 e. The van der Waals surface area contributed by atoms with Crippen molar-refractivity contribution in [2.45, 2.75) is 0 Å². The minimum atomic E-state index is 1.15. The van der Waals surface area contributed by atoms with E-state index in [0.29, 0.717) is 0 Å². The highest BCUT2D eigenvalue weighted by Gasteiger charge is 2.16. The van der Waals surface area contributed by atoms with Crippen LogP contribution in [0.5, 0.6) is 0 Å². The van der Waals surface area contributed by atoms with Crippen molar-refractivity contribution >= 4 is 43.6 Å². The Morgan fingerprint density at radius 2 is 0.682 bits per heavy atom. The van der Waals surface area contributed by atoms with Gasteiger partial charge in [0.25, 0.3) is 0 Å². The molecule has 206 valence electrons. The van der Waals surface area contributed by atoms with Crippen LogP contribution in [0.2, 0.25) is 0 Å². The predicted octanol–water partition coefficient (Wildman–Crippen LogP) is 11.2. The number of para-hydroxylation sites is 3. The normalized spacial score (nSPS) is 11.6. The van der Waals surface area contributed by atoms with E-state index in [2.05, 4.69) is 179 Å². The van der Waals surface area contributed by atoms with Gasteiger partial charge in [-0.2, -0.15) is 0 Å². The molecule has 2 aromatic heterocycles. The third-order valence-corrected chi connectivity index (χ3v) is 8.90. The van der Waals surface area contributed by atoms with Crippen LogP contribution in [0.1, 0.15) is 0 Å². The zero-order chi connectivity index (χ0) is 29.0. The van der Waals surface area contributed by atoms with Crippen molar-refractivity contribution in [3.8, 4) is 33.6 Å². The third kappa shape index (κ3) is 3.82. The summed E-state index contributed by atoms with van der Waals surface area (Å²) < 4.78 is 4.80. The van der Waals surface area contributed by atoms with Gasteiger partial charge in [-0.25, -0.2) is 0 Å². The van der Waals surface area contributed by atoms with Crippen molar-refractivity contribution < 1.29 is 0 Å². The molecule has 0 bridgehead atoms. The summed E-state index contributed by atoms with van der Waals surface area (Å²) in [6.07, 6.45) is 0. The SMILES string of the molecule is c1ccc(-c2cccc(-c3ccc4c(c3)c3ccccc3n4-c3cccc(-n4c5ccccc5c5ccccc54)c3)c2)cc1. The van der Waals surface area contributed by atoms with E-state index in [-0.39, 0.29) is 0 Å². The van der Waals surface area contributed by atoms with E-state index in [1.807, 2.05) is 0 Å². The van der Waals surface area contributed by atoms with Gasteiger partial charge in [0.15, 0.2) is 0 Å². The maximum Gasteiger partial charge on any atom is 0.0541 e. The molecular formula is C42H28N2. The fourth-order valence-corrected chi connectivity index (χ4v) is 6.91. The number of rotatable bonds is 4. The highest BCUT2D eigenvalue weighted by molar-refractivity contribution is 6.11. The van der Waals surface area contributed by atoms with E-state index in [4.69, 9.17) is 0 Å². The molecule has 0 atom stereocenters. The Morgan fingerprint density at radius 3 is 1.30 bits per heavy atom. The van der Waals surface area contributed by atoms with Crippen molar-refractivity contribution in [3.63, 3.8) is 0 Å². The second-order valence-corrected chi connectivity index (χ2v) is 11.4. The summed E-state index contributed by atoms with van der Waals surface area (Å²) in [6, 6.07) is 61.4. The van der Waals surface area contributed by atoms with Gasteiger partial charge in [-0.3, -0.25) is 0 Å². The molecule has 0 radical (unpaired) electrons. The summed E-state index contributed by atoms with van der Waals surface area (Å²) in [7, 11) is 0. The maximum atomic E-state index is 2.41. The lowest BCUT2D eigenvalue weighted by Crippen LogP contribution is -1.98. The van der Waals surface area contributed by atoms with Crippen LogP contribution in [-0.2, 0) is 0 Å². The van der Waals surface area contributed by atoms with Gasteiger partial charge >= 0.3 is 0 Å². The first-order valence-electron chi connectivity index (χ1n) is 15.1. The number of benzene rings is 7. The molecule has 0 saturated heterocycles. The molecule has 7 aromatic carbocycles. The summed E-state index contributed by atoms with van der Waals surface area (Å²) >= 11 is 0. The molecule has 2 heterocycles. The molecule has 0 saturated carbocycles. The third-order valence-electron chi connectivity index (χ3n) is 8.90. The second-order valence-electron chi connectivity index (χ2n) is 11.4. The molecule has 0 spiro atoms. The van der Waals surface area contributed by atoms with E-state index in [0.717, 1.165) is 11.4 Å². The van der Waals surface area contributed by atoms with Crippen molar-refractivity contribution in [3.05, 3.63) is 170 Å². The van der Waals surface area contributed by atoms with E-state index in [1.165, 1.54) is 65.9 Å². The Labute approximate surface area is 255 Å². The van der Waals surface area contributed by atoms with Gasteiger partial charge in [0.05, 0.1) is 22.1 Å². The molecule has 9 aromatic rings. The molecule has 0 aliphatic heterocycles. The Morgan fingerprint density at radius 1 is 0.250 bits per heavy atom. The number of aromatic nitrogens is 2. The number of hydrogen-bond donors (Lipinski definition) is 0. The fourth-order valence-electron chi connectivity index (χ4n) is 6.91. The van der Waals surface area contributed by atoms with Crippen LogP contribution in [-0.4, -0.2) is 9.13 Å². The first kappa shape index (κ1) is 24.7. The van der Waals surface area contributed by atoms with Crippen LogP contribution in [0, 0.1) is 0 Å². The molecule has 9 rings (SSSR count). The van der Waals surface area contributed by atoms with Gasteiger partial charge in [0.1, 0.15) is 0 Å². The Kier molecular flexibility index (Phi) is 5.54.